The van der Waals surface area contributed by atoms with E-state index in [2.05, 4.69) is 62.9 Å². The average molecular weight is 413 g/mol. The van der Waals surface area contributed by atoms with Crippen LogP contribution in [0.3, 0.4) is 0 Å². The van der Waals surface area contributed by atoms with Gasteiger partial charge in [0.15, 0.2) is 0 Å². The van der Waals surface area contributed by atoms with Gasteiger partial charge in [0.2, 0.25) is 0 Å². The van der Waals surface area contributed by atoms with E-state index in [0.717, 1.165) is 25.2 Å². The highest BCUT2D eigenvalue weighted by Crippen LogP contribution is 2.40. The zero-order valence-corrected chi connectivity index (χ0v) is 18.4. The number of likely N-dealkylation sites (tertiary alicyclic amines) is 1. The second-order valence-electron chi connectivity index (χ2n) is 9.29. The Morgan fingerprint density at radius 2 is 1.48 bits per heavy atom. The minimum absolute atomic E-state index is 1.07. The molecule has 31 heavy (non-hydrogen) atoms. The normalized spacial score (nSPS) is 18.0. The van der Waals surface area contributed by atoms with Crippen LogP contribution in [0.2, 0.25) is 0 Å². The predicted octanol–water partition coefficient (Wildman–Crippen LogP) is 5.82. The maximum Gasteiger partial charge on any atom is 0.0988 e. The molecule has 0 unspecified atom stereocenters. The molecule has 1 fully saturated rings. The molecule has 4 nitrogen and oxygen atoms in total. The second-order valence-corrected chi connectivity index (χ2v) is 9.29. The highest BCUT2D eigenvalue weighted by Gasteiger charge is 2.24. The second kappa shape index (κ2) is 8.16. The van der Waals surface area contributed by atoms with Crippen LogP contribution in [0, 0.1) is 0 Å². The molecule has 1 saturated heterocycles. The molecule has 0 N–H and O–H groups in total. The van der Waals surface area contributed by atoms with Crippen LogP contribution in [0.15, 0.2) is 48.5 Å². The van der Waals surface area contributed by atoms with Crippen molar-refractivity contribution in [3.8, 4) is 0 Å². The summed E-state index contributed by atoms with van der Waals surface area (Å²) in [5.41, 5.74) is 6.36. The van der Waals surface area contributed by atoms with Gasteiger partial charge in [-0.2, -0.15) is 0 Å². The fourth-order valence-corrected chi connectivity index (χ4v) is 5.81. The van der Waals surface area contributed by atoms with Crippen molar-refractivity contribution in [1.82, 2.24) is 14.5 Å². The molecule has 2 aromatic heterocycles. The van der Waals surface area contributed by atoms with Crippen molar-refractivity contribution >= 4 is 38.5 Å². The first-order valence-electron chi connectivity index (χ1n) is 12.2. The molecule has 0 radical (unpaired) electrons. The van der Waals surface area contributed by atoms with Crippen LogP contribution in [-0.4, -0.2) is 47.2 Å². The number of hydrogen-bond acceptors (Lipinski definition) is 3. The number of hydrogen-bond donors (Lipinski definition) is 0. The Labute approximate surface area is 184 Å². The predicted molar refractivity (Wildman–Crippen MR) is 131 cm³/mol. The van der Waals surface area contributed by atoms with Crippen LogP contribution in [0.1, 0.15) is 38.5 Å². The maximum absolute atomic E-state index is 5.15. The van der Waals surface area contributed by atoms with E-state index in [0.29, 0.717) is 0 Å². The largest absolute Gasteiger partial charge is 0.369 e. The van der Waals surface area contributed by atoms with E-state index in [9.17, 15) is 0 Å². The molecule has 0 atom stereocenters. The Morgan fingerprint density at radius 3 is 2.35 bits per heavy atom. The van der Waals surface area contributed by atoms with Gasteiger partial charge < -0.3 is 14.4 Å². The molecular formula is C27H32N4. The Bertz CT molecular complexity index is 1220. The van der Waals surface area contributed by atoms with E-state index in [-0.39, 0.29) is 0 Å². The summed E-state index contributed by atoms with van der Waals surface area (Å²) < 4.78 is 2.54. The maximum atomic E-state index is 5.15. The van der Waals surface area contributed by atoms with Gasteiger partial charge in [0.25, 0.3) is 0 Å². The van der Waals surface area contributed by atoms with Crippen molar-refractivity contribution in [2.24, 2.45) is 0 Å². The van der Waals surface area contributed by atoms with Gasteiger partial charge in [0.05, 0.1) is 27.8 Å². The number of anilines is 1. The van der Waals surface area contributed by atoms with Gasteiger partial charge in [-0.3, -0.25) is 0 Å². The molecule has 4 heteroatoms. The molecule has 2 aliphatic rings. The summed E-state index contributed by atoms with van der Waals surface area (Å²) >= 11 is 0. The molecule has 0 amide bonds. The highest BCUT2D eigenvalue weighted by molar-refractivity contribution is 6.16. The molecule has 2 aliphatic heterocycles. The van der Waals surface area contributed by atoms with E-state index in [1.54, 1.807) is 0 Å². The summed E-state index contributed by atoms with van der Waals surface area (Å²) in [6, 6.07) is 17.5. The number of fused-ring (bicyclic) bond motifs is 5. The molecule has 160 valence electrons. The number of pyridine rings is 1. The zero-order chi connectivity index (χ0) is 20.6. The molecule has 0 bridgehead atoms. The van der Waals surface area contributed by atoms with Gasteiger partial charge >= 0.3 is 0 Å². The molecule has 4 aromatic rings. The summed E-state index contributed by atoms with van der Waals surface area (Å²) in [7, 11) is 0. The Balaban J connectivity index is 1.42. The summed E-state index contributed by atoms with van der Waals surface area (Å²) in [4.78, 5) is 10.5. The molecule has 0 saturated carbocycles. The van der Waals surface area contributed by atoms with E-state index in [1.165, 1.54) is 91.2 Å². The summed E-state index contributed by atoms with van der Waals surface area (Å²) in [5.74, 6) is 0. The van der Waals surface area contributed by atoms with E-state index >= 15 is 0 Å². The van der Waals surface area contributed by atoms with Crippen LogP contribution < -0.4 is 4.90 Å². The van der Waals surface area contributed by atoms with Crippen molar-refractivity contribution in [1.29, 1.82) is 0 Å². The van der Waals surface area contributed by atoms with Gasteiger partial charge in [-0.1, -0.05) is 49.2 Å². The lowest BCUT2D eigenvalue weighted by Gasteiger charge is -2.27. The van der Waals surface area contributed by atoms with E-state index < -0.39 is 0 Å². The Morgan fingerprint density at radius 1 is 0.710 bits per heavy atom. The number of benzene rings is 2. The fourth-order valence-electron chi connectivity index (χ4n) is 5.81. The van der Waals surface area contributed by atoms with Crippen molar-refractivity contribution in [3.63, 3.8) is 0 Å². The number of rotatable bonds is 4. The van der Waals surface area contributed by atoms with Crippen molar-refractivity contribution < 1.29 is 0 Å². The van der Waals surface area contributed by atoms with Crippen molar-refractivity contribution in [3.05, 3.63) is 48.5 Å². The average Bonchev–Trinajstić information content (AvgIpc) is 3.00. The monoisotopic (exact) mass is 412 g/mol. The zero-order valence-electron chi connectivity index (χ0n) is 18.4. The van der Waals surface area contributed by atoms with Gasteiger partial charge in [-0.05, 0) is 57.5 Å². The van der Waals surface area contributed by atoms with Crippen LogP contribution in [0.25, 0.3) is 32.8 Å². The SMILES string of the molecule is c1ccc2c3c4c(nc2c1)c1ccccc1n4CCCN3CCCN1CCCCCC1. The first kappa shape index (κ1) is 19.1. The molecular weight excluding hydrogens is 380 g/mol. The molecule has 0 aliphatic carbocycles. The quantitative estimate of drug-likeness (QED) is 0.422. The van der Waals surface area contributed by atoms with Crippen LogP contribution in [-0.2, 0) is 6.54 Å². The minimum Gasteiger partial charge on any atom is -0.369 e. The molecule has 4 heterocycles. The van der Waals surface area contributed by atoms with Crippen LogP contribution in [0.5, 0.6) is 0 Å². The third kappa shape index (κ3) is 3.38. The fraction of sp³-hybridized carbons (Fsp3) is 0.444. The van der Waals surface area contributed by atoms with Gasteiger partial charge in [0.1, 0.15) is 0 Å². The summed E-state index contributed by atoms with van der Waals surface area (Å²) in [6.07, 6.45) is 7.99. The standard InChI is InChI=1S/C27H32N4/c1-2-8-16-29(15-7-1)17-9-18-30-19-10-20-31-24-14-6-4-12-22(24)25-27(31)26(30)21-11-3-5-13-23(21)28-25/h3-6,11-14H,1-2,7-10,15-20H2. The lowest BCUT2D eigenvalue weighted by Crippen LogP contribution is -2.31. The third-order valence-electron chi connectivity index (χ3n) is 7.29. The van der Waals surface area contributed by atoms with Crippen LogP contribution >= 0.6 is 0 Å². The topological polar surface area (TPSA) is 24.3 Å². The molecule has 2 aromatic carbocycles. The summed E-state index contributed by atoms with van der Waals surface area (Å²) in [5, 5.41) is 2.59. The Kier molecular flexibility index (Phi) is 5.03. The first-order chi connectivity index (χ1) is 15.4. The lowest BCUT2D eigenvalue weighted by molar-refractivity contribution is 0.282. The van der Waals surface area contributed by atoms with Gasteiger partial charge in [-0.15, -0.1) is 0 Å². The number of aryl methyl sites for hydroxylation is 1. The van der Waals surface area contributed by atoms with Crippen molar-refractivity contribution in [2.75, 3.05) is 37.6 Å². The third-order valence-corrected chi connectivity index (χ3v) is 7.29. The number of para-hydroxylation sites is 2. The number of aromatic nitrogens is 2. The van der Waals surface area contributed by atoms with Gasteiger partial charge in [0, 0.05) is 30.4 Å². The molecule has 6 rings (SSSR count). The summed E-state index contributed by atoms with van der Waals surface area (Å²) in [6.45, 7) is 7.12. The molecule has 0 spiro atoms. The van der Waals surface area contributed by atoms with Crippen LogP contribution in [0.4, 0.5) is 5.69 Å². The highest BCUT2D eigenvalue weighted by atomic mass is 15.2. The first-order valence-corrected chi connectivity index (χ1v) is 12.2. The number of nitrogens with zero attached hydrogens (tertiary/aromatic N) is 4. The minimum atomic E-state index is 1.07. The lowest BCUT2D eigenvalue weighted by atomic mass is 10.1. The van der Waals surface area contributed by atoms with Gasteiger partial charge in [-0.25, -0.2) is 4.98 Å². The van der Waals surface area contributed by atoms with E-state index in [1.807, 2.05) is 0 Å². The Hall–Kier alpha value is -2.59. The smallest absolute Gasteiger partial charge is 0.0988 e. The van der Waals surface area contributed by atoms with Crippen molar-refractivity contribution in [2.45, 2.75) is 45.1 Å². The van der Waals surface area contributed by atoms with E-state index in [4.69, 9.17) is 4.98 Å².